The van der Waals surface area contributed by atoms with Crippen molar-refractivity contribution in [3.63, 3.8) is 0 Å². The Bertz CT molecular complexity index is 720. The summed E-state index contributed by atoms with van der Waals surface area (Å²) < 4.78 is 12.2. The third kappa shape index (κ3) is 2.66. The molecule has 0 saturated carbocycles. The fourth-order valence-electron chi connectivity index (χ4n) is 3.04. The van der Waals surface area contributed by atoms with Gasteiger partial charge < -0.3 is 14.8 Å². The Hall–Kier alpha value is -2.08. The summed E-state index contributed by atoms with van der Waals surface area (Å²) in [4.78, 5) is 12.8. The first-order valence-corrected chi connectivity index (χ1v) is 7.56. The third-order valence-electron chi connectivity index (χ3n) is 4.19. The molecule has 1 aromatic carbocycles. The highest BCUT2D eigenvalue weighted by Crippen LogP contribution is 2.32. The molecule has 3 rings (SSSR count). The first-order chi connectivity index (χ1) is 10.7. The molecule has 22 heavy (non-hydrogen) atoms. The summed E-state index contributed by atoms with van der Waals surface area (Å²) in [5, 5.41) is 8.97. The summed E-state index contributed by atoms with van der Waals surface area (Å²) in [6.45, 7) is 2.62. The molecule has 1 aliphatic rings. The van der Waals surface area contributed by atoms with Crippen molar-refractivity contribution in [1.82, 2.24) is 15.1 Å². The van der Waals surface area contributed by atoms with E-state index < -0.39 is 0 Å². The second kappa shape index (κ2) is 6.36. The van der Waals surface area contributed by atoms with Crippen LogP contribution < -0.4 is 20.3 Å². The van der Waals surface area contributed by atoms with Gasteiger partial charge in [-0.3, -0.25) is 4.79 Å². The SMILES string of the molecule is COc1ccc2cnn(CC3CCCNC3)c(=O)c2c1OC. The van der Waals surface area contributed by atoms with E-state index in [0.717, 1.165) is 31.3 Å². The van der Waals surface area contributed by atoms with Gasteiger partial charge in [-0.25, -0.2) is 4.68 Å². The smallest absolute Gasteiger partial charge is 0.278 e. The summed E-state index contributed by atoms with van der Waals surface area (Å²) in [5.41, 5.74) is -0.126. The quantitative estimate of drug-likeness (QED) is 0.925. The minimum atomic E-state index is -0.126. The van der Waals surface area contributed by atoms with Crippen LogP contribution in [0.2, 0.25) is 0 Å². The van der Waals surface area contributed by atoms with E-state index >= 15 is 0 Å². The predicted molar refractivity (Wildman–Crippen MR) is 84.7 cm³/mol. The molecule has 6 nitrogen and oxygen atoms in total. The molecule has 1 atom stereocenters. The van der Waals surface area contributed by atoms with Crippen LogP contribution in [0.15, 0.2) is 23.1 Å². The molecule has 0 amide bonds. The lowest BCUT2D eigenvalue weighted by Gasteiger charge is -2.23. The number of nitrogens with zero attached hydrogens (tertiary/aromatic N) is 2. The van der Waals surface area contributed by atoms with Crippen LogP contribution in [0.25, 0.3) is 10.8 Å². The Morgan fingerprint density at radius 2 is 2.23 bits per heavy atom. The molecule has 0 radical (unpaired) electrons. The maximum Gasteiger partial charge on any atom is 0.278 e. The van der Waals surface area contributed by atoms with Gasteiger partial charge in [0.2, 0.25) is 0 Å². The van der Waals surface area contributed by atoms with Crippen LogP contribution in [0.4, 0.5) is 0 Å². The van der Waals surface area contributed by atoms with E-state index in [1.165, 1.54) is 0 Å². The van der Waals surface area contributed by atoms with E-state index in [9.17, 15) is 4.79 Å². The number of ether oxygens (including phenoxy) is 2. The summed E-state index contributed by atoms with van der Waals surface area (Å²) >= 11 is 0. The van der Waals surface area contributed by atoms with Crippen molar-refractivity contribution in [2.75, 3.05) is 27.3 Å². The van der Waals surface area contributed by atoms with Crippen molar-refractivity contribution in [3.8, 4) is 11.5 Å². The molecule has 1 fully saturated rings. The van der Waals surface area contributed by atoms with E-state index in [1.807, 2.05) is 6.07 Å². The van der Waals surface area contributed by atoms with Crippen LogP contribution in [0.3, 0.4) is 0 Å². The van der Waals surface area contributed by atoms with Crippen molar-refractivity contribution in [2.24, 2.45) is 5.92 Å². The molecule has 2 aromatic rings. The second-order valence-corrected chi connectivity index (χ2v) is 5.61. The molecule has 1 N–H and O–H groups in total. The number of fused-ring (bicyclic) bond motifs is 1. The van der Waals surface area contributed by atoms with Crippen molar-refractivity contribution in [1.29, 1.82) is 0 Å². The van der Waals surface area contributed by atoms with Crippen molar-refractivity contribution < 1.29 is 9.47 Å². The Balaban J connectivity index is 2.05. The van der Waals surface area contributed by atoms with Crippen molar-refractivity contribution in [3.05, 3.63) is 28.7 Å². The van der Waals surface area contributed by atoms with Crippen LogP contribution in [-0.2, 0) is 6.54 Å². The van der Waals surface area contributed by atoms with E-state index in [0.29, 0.717) is 29.3 Å². The van der Waals surface area contributed by atoms with E-state index in [-0.39, 0.29) is 5.56 Å². The molecule has 0 spiro atoms. The Morgan fingerprint density at radius 1 is 1.36 bits per heavy atom. The lowest BCUT2D eigenvalue weighted by molar-refractivity contribution is 0.319. The van der Waals surface area contributed by atoms with Gasteiger partial charge in [-0.1, -0.05) is 0 Å². The third-order valence-corrected chi connectivity index (χ3v) is 4.19. The Labute approximate surface area is 129 Å². The molecule has 1 aliphatic heterocycles. The van der Waals surface area contributed by atoms with Gasteiger partial charge in [0.25, 0.3) is 5.56 Å². The molecule has 1 unspecified atom stereocenters. The summed E-state index contributed by atoms with van der Waals surface area (Å²) in [5.74, 6) is 1.47. The Kier molecular flexibility index (Phi) is 4.29. The number of aromatic nitrogens is 2. The fourth-order valence-corrected chi connectivity index (χ4v) is 3.04. The summed E-state index contributed by atoms with van der Waals surface area (Å²) in [6.07, 6.45) is 3.98. The van der Waals surface area contributed by atoms with Crippen molar-refractivity contribution in [2.45, 2.75) is 19.4 Å². The Morgan fingerprint density at radius 3 is 2.91 bits per heavy atom. The zero-order valence-corrected chi connectivity index (χ0v) is 13.0. The maximum absolute atomic E-state index is 12.8. The number of piperidine rings is 1. The van der Waals surface area contributed by atoms with Gasteiger partial charge in [0.05, 0.1) is 25.8 Å². The highest BCUT2D eigenvalue weighted by Gasteiger charge is 2.18. The molecule has 6 heteroatoms. The lowest BCUT2D eigenvalue weighted by Crippen LogP contribution is -2.35. The molecular weight excluding hydrogens is 282 g/mol. The summed E-state index contributed by atoms with van der Waals surface area (Å²) in [7, 11) is 3.11. The predicted octanol–water partition coefficient (Wildman–Crippen LogP) is 1.41. The van der Waals surface area contributed by atoms with Crippen LogP contribution in [0.1, 0.15) is 12.8 Å². The molecule has 2 heterocycles. The van der Waals surface area contributed by atoms with Crippen LogP contribution in [0.5, 0.6) is 11.5 Å². The van der Waals surface area contributed by atoms with E-state index in [4.69, 9.17) is 9.47 Å². The second-order valence-electron chi connectivity index (χ2n) is 5.61. The van der Waals surface area contributed by atoms with E-state index in [2.05, 4.69) is 10.4 Å². The molecule has 118 valence electrons. The summed E-state index contributed by atoms with van der Waals surface area (Å²) in [6, 6.07) is 3.62. The van der Waals surface area contributed by atoms with Gasteiger partial charge in [-0.15, -0.1) is 0 Å². The lowest BCUT2D eigenvalue weighted by atomic mass is 10.00. The van der Waals surface area contributed by atoms with Gasteiger partial charge in [0.1, 0.15) is 0 Å². The highest BCUT2D eigenvalue weighted by atomic mass is 16.5. The van der Waals surface area contributed by atoms with Gasteiger partial charge in [-0.05, 0) is 44.0 Å². The average molecular weight is 303 g/mol. The monoisotopic (exact) mass is 303 g/mol. The topological polar surface area (TPSA) is 65.4 Å². The van der Waals surface area contributed by atoms with Crippen LogP contribution in [0, 0.1) is 5.92 Å². The first kappa shape index (κ1) is 14.8. The number of benzene rings is 1. The normalized spacial score (nSPS) is 18.4. The number of methoxy groups -OCH3 is 2. The van der Waals surface area contributed by atoms with Gasteiger partial charge in [0, 0.05) is 11.9 Å². The zero-order chi connectivity index (χ0) is 15.5. The minimum absolute atomic E-state index is 0.126. The molecular formula is C16H21N3O3. The zero-order valence-electron chi connectivity index (χ0n) is 13.0. The number of nitrogens with one attached hydrogen (secondary N) is 1. The van der Waals surface area contributed by atoms with Gasteiger partial charge >= 0.3 is 0 Å². The minimum Gasteiger partial charge on any atom is -0.493 e. The molecule has 0 aliphatic carbocycles. The molecule has 1 aromatic heterocycles. The van der Waals surface area contributed by atoms with Crippen molar-refractivity contribution >= 4 is 10.8 Å². The molecule has 1 saturated heterocycles. The van der Waals surface area contributed by atoms with Crippen LogP contribution >= 0.6 is 0 Å². The largest absolute Gasteiger partial charge is 0.493 e. The average Bonchev–Trinajstić information content (AvgIpc) is 2.57. The van der Waals surface area contributed by atoms with E-state index in [1.54, 1.807) is 31.2 Å². The van der Waals surface area contributed by atoms with Crippen LogP contribution in [-0.4, -0.2) is 37.1 Å². The first-order valence-electron chi connectivity index (χ1n) is 7.56. The molecule has 0 bridgehead atoms. The standard InChI is InChI=1S/C16H21N3O3/c1-21-13-6-5-12-9-18-19(10-11-4-3-7-17-8-11)16(20)14(12)15(13)22-2/h5-6,9,11,17H,3-4,7-8,10H2,1-2H3. The number of hydrogen-bond donors (Lipinski definition) is 1. The van der Waals surface area contributed by atoms with Gasteiger partial charge in [-0.2, -0.15) is 5.10 Å². The highest BCUT2D eigenvalue weighted by molar-refractivity contribution is 5.89. The number of rotatable bonds is 4. The fraction of sp³-hybridized carbons (Fsp3) is 0.500. The number of hydrogen-bond acceptors (Lipinski definition) is 5. The maximum atomic E-state index is 12.8. The van der Waals surface area contributed by atoms with Gasteiger partial charge in [0.15, 0.2) is 11.5 Å².